The van der Waals surface area contributed by atoms with E-state index < -0.39 is 28.3 Å². The number of amides is 3. The van der Waals surface area contributed by atoms with Crippen molar-refractivity contribution in [1.29, 1.82) is 0 Å². The van der Waals surface area contributed by atoms with Gasteiger partial charge < -0.3 is 5.32 Å². The summed E-state index contributed by atoms with van der Waals surface area (Å²) in [5.74, 6) is -2.16. The fraction of sp³-hybridized carbons (Fsp3) is 0.250. The highest BCUT2D eigenvalue weighted by molar-refractivity contribution is 9.10. The number of imide groups is 1. The number of carbonyl (C=O) groups is 3. The Bertz CT molecular complexity index is 1420. The number of anilines is 2. The molecule has 3 aromatic rings. The van der Waals surface area contributed by atoms with Gasteiger partial charge in [0, 0.05) is 20.5 Å². The Labute approximate surface area is 216 Å². The summed E-state index contributed by atoms with van der Waals surface area (Å²) in [7, 11) is 0. The molecule has 3 amide bonds. The highest BCUT2D eigenvalue weighted by Gasteiger charge is 2.59. The maximum atomic E-state index is 13.5. The van der Waals surface area contributed by atoms with E-state index in [0.717, 1.165) is 27.6 Å². The average molecular weight is 576 g/mol. The number of thioether (sulfide) groups is 1. The third-order valence-electron chi connectivity index (χ3n) is 6.22. The van der Waals surface area contributed by atoms with Crippen LogP contribution in [0.2, 0.25) is 0 Å². The van der Waals surface area contributed by atoms with E-state index in [9.17, 15) is 23.6 Å². The molecule has 0 unspecified atom stereocenters. The molecule has 0 spiro atoms. The highest BCUT2D eigenvalue weighted by Crippen LogP contribution is 2.54. The number of hydrogen-bond acceptors (Lipinski definition) is 6. The first-order chi connectivity index (χ1) is 16.6. The second-order valence-corrected chi connectivity index (χ2v) is 11.9. The lowest BCUT2D eigenvalue weighted by molar-refractivity contribution is -0.123. The molecule has 11 heteroatoms. The number of benzene rings is 2. The van der Waals surface area contributed by atoms with Gasteiger partial charge in [0.15, 0.2) is 0 Å². The second kappa shape index (κ2) is 8.72. The van der Waals surface area contributed by atoms with E-state index in [1.807, 2.05) is 13.8 Å². The van der Waals surface area contributed by atoms with E-state index in [1.165, 1.54) is 33.7 Å². The van der Waals surface area contributed by atoms with Crippen LogP contribution in [0.5, 0.6) is 0 Å². The van der Waals surface area contributed by atoms with Gasteiger partial charge in [0.2, 0.25) is 17.7 Å². The molecule has 180 valence electrons. The molecule has 1 aromatic heterocycles. The van der Waals surface area contributed by atoms with Crippen LogP contribution in [0.3, 0.4) is 0 Å². The van der Waals surface area contributed by atoms with E-state index >= 15 is 0 Å². The van der Waals surface area contributed by atoms with Crippen LogP contribution >= 0.6 is 39.0 Å². The summed E-state index contributed by atoms with van der Waals surface area (Å²) in [4.78, 5) is 54.0. The minimum Gasteiger partial charge on any atom is -0.325 e. The minimum absolute atomic E-state index is 0.263. The van der Waals surface area contributed by atoms with E-state index in [-0.39, 0.29) is 23.2 Å². The Hall–Kier alpha value is -2.76. The minimum atomic E-state index is -0.787. The van der Waals surface area contributed by atoms with Crippen molar-refractivity contribution in [2.45, 2.75) is 36.1 Å². The lowest BCUT2D eigenvalue weighted by atomic mass is 9.76. The number of nitrogens with one attached hydrogen (secondary N) is 1. The number of halogens is 2. The predicted molar refractivity (Wildman–Crippen MR) is 136 cm³/mol. The molecular formula is C24H19BrFN3O4S2. The van der Waals surface area contributed by atoms with Crippen LogP contribution in [-0.4, -0.2) is 27.5 Å². The second-order valence-electron chi connectivity index (χ2n) is 8.87. The molecule has 0 bridgehead atoms. The van der Waals surface area contributed by atoms with Crippen molar-refractivity contribution in [1.82, 2.24) is 4.57 Å². The fourth-order valence-corrected chi connectivity index (χ4v) is 7.79. The van der Waals surface area contributed by atoms with Crippen molar-refractivity contribution >= 4 is 68.1 Å². The zero-order chi connectivity index (χ0) is 25.1. The first kappa shape index (κ1) is 24.0. The van der Waals surface area contributed by atoms with Gasteiger partial charge in [-0.2, -0.15) is 0 Å². The SMILES string of the molecule is CC1(C)c2sc(=O)n(CC(=O)Nc3ccc(F)cc3)c2S[C@@H]2C(=O)N(c3ccc(Br)cc3)C(=O)[C@@H]21. The van der Waals surface area contributed by atoms with Gasteiger partial charge in [-0.25, -0.2) is 9.29 Å². The number of carbonyl (C=O) groups excluding carboxylic acids is 3. The topological polar surface area (TPSA) is 88.5 Å². The third kappa shape index (κ3) is 4.05. The van der Waals surface area contributed by atoms with Gasteiger partial charge >= 0.3 is 4.87 Å². The fourth-order valence-electron chi connectivity index (χ4n) is 4.49. The Morgan fingerprint density at radius 3 is 2.37 bits per heavy atom. The van der Waals surface area contributed by atoms with E-state index in [1.54, 1.807) is 24.3 Å². The summed E-state index contributed by atoms with van der Waals surface area (Å²) in [6, 6.07) is 12.3. The van der Waals surface area contributed by atoms with Gasteiger partial charge in [-0.3, -0.25) is 23.7 Å². The molecule has 35 heavy (non-hydrogen) atoms. The molecule has 1 fully saturated rings. The molecule has 1 N–H and O–H groups in total. The van der Waals surface area contributed by atoms with Crippen LogP contribution in [0, 0.1) is 11.7 Å². The van der Waals surface area contributed by atoms with Crippen LogP contribution < -0.4 is 15.1 Å². The van der Waals surface area contributed by atoms with Gasteiger partial charge in [-0.15, -0.1) is 0 Å². The first-order valence-corrected chi connectivity index (χ1v) is 13.2. The summed E-state index contributed by atoms with van der Waals surface area (Å²) < 4.78 is 15.3. The average Bonchev–Trinajstić information content (AvgIpc) is 3.25. The Morgan fingerprint density at radius 1 is 1.06 bits per heavy atom. The summed E-state index contributed by atoms with van der Waals surface area (Å²) in [5.41, 5.74) is 0.113. The molecule has 1 saturated heterocycles. The van der Waals surface area contributed by atoms with Crippen LogP contribution in [0.4, 0.5) is 15.8 Å². The largest absolute Gasteiger partial charge is 0.325 e. The van der Waals surface area contributed by atoms with Crippen LogP contribution in [-0.2, 0) is 26.3 Å². The van der Waals surface area contributed by atoms with Crippen molar-refractivity contribution < 1.29 is 18.8 Å². The maximum absolute atomic E-state index is 13.5. The lowest BCUT2D eigenvalue weighted by Gasteiger charge is -2.36. The van der Waals surface area contributed by atoms with Gasteiger partial charge in [0.25, 0.3) is 0 Å². The summed E-state index contributed by atoms with van der Waals surface area (Å²) in [6.07, 6.45) is 0. The predicted octanol–water partition coefficient (Wildman–Crippen LogP) is 4.39. The zero-order valence-corrected chi connectivity index (χ0v) is 21.8. The highest BCUT2D eigenvalue weighted by atomic mass is 79.9. The Morgan fingerprint density at radius 2 is 1.71 bits per heavy atom. The summed E-state index contributed by atoms with van der Waals surface area (Å²) in [5, 5.41) is 2.47. The number of rotatable bonds is 4. The normalized spacial score (nSPS) is 20.5. The van der Waals surface area contributed by atoms with E-state index in [2.05, 4.69) is 21.2 Å². The molecule has 2 aliphatic rings. The molecule has 2 aliphatic heterocycles. The lowest BCUT2D eigenvalue weighted by Crippen LogP contribution is -2.41. The van der Waals surface area contributed by atoms with Gasteiger partial charge in [0.1, 0.15) is 17.6 Å². The van der Waals surface area contributed by atoms with Crippen LogP contribution in [0.25, 0.3) is 0 Å². The number of hydrogen-bond donors (Lipinski definition) is 1. The zero-order valence-electron chi connectivity index (χ0n) is 18.6. The monoisotopic (exact) mass is 575 g/mol. The number of aromatic nitrogens is 1. The van der Waals surface area contributed by atoms with Crippen LogP contribution in [0.15, 0.2) is 62.8 Å². The van der Waals surface area contributed by atoms with Crippen molar-refractivity contribution in [2.75, 3.05) is 10.2 Å². The Kier molecular flexibility index (Phi) is 5.97. The number of thiazole rings is 1. The molecule has 0 aliphatic carbocycles. The standard InChI is InChI=1S/C24H19BrFN3O4S2/c1-24(2)17-18(21(32)29(20(17)31)15-9-3-12(25)4-10-15)34-22-19(24)35-23(33)28(22)11-16(30)27-14-7-5-13(26)6-8-14/h3-10,17-18H,11H2,1-2H3,(H,27,30)/t17-,18+/m1/s1. The molecule has 2 aromatic carbocycles. The van der Waals surface area contributed by atoms with Crippen molar-refractivity contribution in [2.24, 2.45) is 5.92 Å². The quantitative estimate of drug-likeness (QED) is 0.466. The number of nitrogens with zero attached hydrogens (tertiary/aromatic N) is 2. The number of fused-ring (bicyclic) bond motifs is 2. The van der Waals surface area contributed by atoms with Gasteiger partial charge in [0.05, 0.1) is 16.6 Å². The molecule has 7 nitrogen and oxygen atoms in total. The van der Waals surface area contributed by atoms with E-state index in [4.69, 9.17) is 0 Å². The molecule has 0 saturated carbocycles. The molecule has 5 rings (SSSR count). The van der Waals surface area contributed by atoms with E-state index in [0.29, 0.717) is 21.3 Å². The van der Waals surface area contributed by atoms with Crippen LogP contribution in [0.1, 0.15) is 18.7 Å². The Balaban J connectivity index is 1.46. The van der Waals surface area contributed by atoms with Crippen molar-refractivity contribution in [3.63, 3.8) is 0 Å². The van der Waals surface area contributed by atoms with Crippen molar-refractivity contribution in [3.8, 4) is 0 Å². The summed E-state index contributed by atoms with van der Waals surface area (Å²) >= 11 is 5.52. The van der Waals surface area contributed by atoms with Gasteiger partial charge in [-0.1, -0.05) is 52.9 Å². The molecular weight excluding hydrogens is 557 g/mol. The first-order valence-electron chi connectivity index (χ1n) is 10.7. The molecule has 2 atom stereocenters. The van der Waals surface area contributed by atoms with Crippen molar-refractivity contribution in [3.05, 3.63) is 73.4 Å². The summed E-state index contributed by atoms with van der Waals surface area (Å²) in [6.45, 7) is 3.46. The molecule has 0 radical (unpaired) electrons. The molecule has 3 heterocycles. The van der Waals surface area contributed by atoms with Gasteiger partial charge in [-0.05, 0) is 48.5 Å². The maximum Gasteiger partial charge on any atom is 0.308 e. The third-order valence-corrected chi connectivity index (χ3v) is 9.57. The smallest absolute Gasteiger partial charge is 0.308 e.